The average molecular weight is 861 g/mol. The van der Waals surface area contributed by atoms with Gasteiger partial charge in [-0.3, -0.25) is 0 Å². The van der Waals surface area contributed by atoms with Crippen LogP contribution in [0.5, 0.6) is 0 Å². The molecule has 0 bridgehead atoms. The van der Waals surface area contributed by atoms with Crippen molar-refractivity contribution in [3.8, 4) is 27.9 Å². The molecule has 0 fully saturated rings. The standard InChI is InChI=1S/C63H44N2S/c1-41-37-50(32-35-52(41)46-29-34-54-47(38-46)26-25-44-15-5-6-18-53(44)54)64(48-30-27-43(28-31-48)42-13-3-2-4-14-42)49-17-11-16-45(39-49)55-21-12-23-60-63(55)58-20-7-9-22-59(58)65(60)51-33-36-57-56-19-8-10-24-61(56)66-62(57)40-51/h2-36,38-41H,37H2,1H3. The summed E-state index contributed by atoms with van der Waals surface area (Å²) in [6.07, 6.45) is 5.63. The summed E-state index contributed by atoms with van der Waals surface area (Å²) in [6, 6.07) is 80.6. The lowest BCUT2D eigenvalue weighted by Gasteiger charge is -2.33. The van der Waals surface area contributed by atoms with Crippen LogP contribution >= 0.6 is 11.3 Å². The number of hydrogen-bond acceptors (Lipinski definition) is 2. The number of para-hydroxylation sites is 1. The lowest BCUT2D eigenvalue weighted by atomic mass is 9.85. The largest absolute Gasteiger partial charge is 0.314 e. The summed E-state index contributed by atoms with van der Waals surface area (Å²) in [5, 5.41) is 10.3. The van der Waals surface area contributed by atoms with Crippen molar-refractivity contribution in [2.75, 3.05) is 4.90 Å². The molecule has 1 aliphatic carbocycles. The number of rotatable bonds is 7. The zero-order valence-electron chi connectivity index (χ0n) is 36.5. The molecule has 66 heavy (non-hydrogen) atoms. The first-order valence-electron chi connectivity index (χ1n) is 23.0. The molecule has 0 radical (unpaired) electrons. The van der Waals surface area contributed by atoms with Crippen molar-refractivity contribution in [2.24, 2.45) is 5.92 Å². The quantitative estimate of drug-likeness (QED) is 0.145. The molecule has 312 valence electrons. The van der Waals surface area contributed by atoms with Gasteiger partial charge in [0.1, 0.15) is 0 Å². The van der Waals surface area contributed by atoms with Gasteiger partial charge in [0.25, 0.3) is 0 Å². The summed E-state index contributed by atoms with van der Waals surface area (Å²) in [7, 11) is 0. The second-order valence-electron chi connectivity index (χ2n) is 17.7. The summed E-state index contributed by atoms with van der Waals surface area (Å²) in [5.74, 6) is 0.309. The summed E-state index contributed by atoms with van der Waals surface area (Å²) >= 11 is 1.87. The maximum absolute atomic E-state index is 2.48. The van der Waals surface area contributed by atoms with Gasteiger partial charge in [0, 0.05) is 53.7 Å². The molecule has 0 saturated heterocycles. The first-order valence-corrected chi connectivity index (χ1v) is 23.8. The number of aromatic nitrogens is 1. The Balaban J connectivity index is 0.934. The number of anilines is 2. The van der Waals surface area contributed by atoms with Crippen LogP contribution in [0.25, 0.3) is 97.0 Å². The predicted octanol–water partition coefficient (Wildman–Crippen LogP) is 17.9. The first kappa shape index (κ1) is 38.5. The van der Waals surface area contributed by atoms with Crippen LogP contribution in [-0.4, -0.2) is 4.57 Å². The van der Waals surface area contributed by atoms with Gasteiger partial charge in [0.05, 0.1) is 11.0 Å². The van der Waals surface area contributed by atoms with E-state index in [1.165, 1.54) is 108 Å². The molecule has 1 aliphatic rings. The van der Waals surface area contributed by atoms with Crippen molar-refractivity contribution >= 4 is 91.8 Å². The van der Waals surface area contributed by atoms with Crippen molar-refractivity contribution in [1.29, 1.82) is 0 Å². The molecule has 2 heterocycles. The smallest absolute Gasteiger partial charge is 0.0547 e. The molecule has 13 rings (SSSR count). The molecular weight excluding hydrogens is 817 g/mol. The van der Waals surface area contributed by atoms with Crippen molar-refractivity contribution in [1.82, 2.24) is 4.57 Å². The van der Waals surface area contributed by atoms with Crippen molar-refractivity contribution in [2.45, 2.75) is 13.3 Å². The summed E-state index contributed by atoms with van der Waals surface area (Å²) in [6.45, 7) is 2.38. The molecule has 12 aromatic rings. The van der Waals surface area contributed by atoms with Gasteiger partial charge in [0.2, 0.25) is 0 Å². The minimum absolute atomic E-state index is 0.309. The Hall–Kier alpha value is -7.98. The van der Waals surface area contributed by atoms with E-state index in [0.717, 1.165) is 17.8 Å². The molecule has 2 nitrogen and oxygen atoms in total. The fraction of sp³-hybridized carbons (Fsp3) is 0.0476. The zero-order valence-corrected chi connectivity index (χ0v) is 37.3. The monoisotopic (exact) mass is 860 g/mol. The third kappa shape index (κ3) is 6.38. The van der Waals surface area contributed by atoms with Crippen LogP contribution in [0.3, 0.4) is 0 Å². The minimum Gasteiger partial charge on any atom is -0.314 e. The van der Waals surface area contributed by atoms with Crippen LogP contribution < -0.4 is 4.90 Å². The molecule has 0 aliphatic heterocycles. The Morgan fingerprint density at radius 3 is 1.98 bits per heavy atom. The molecule has 0 N–H and O–H groups in total. The number of allylic oxidation sites excluding steroid dienone is 4. The van der Waals surface area contributed by atoms with E-state index < -0.39 is 0 Å². The van der Waals surface area contributed by atoms with Crippen LogP contribution in [0.1, 0.15) is 18.9 Å². The van der Waals surface area contributed by atoms with Gasteiger partial charge in [-0.25, -0.2) is 0 Å². The molecule has 1 unspecified atom stereocenters. The fourth-order valence-corrected chi connectivity index (χ4v) is 11.8. The van der Waals surface area contributed by atoms with E-state index in [1.807, 2.05) is 11.3 Å². The van der Waals surface area contributed by atoms with Gasteiger partial charge in [-0.05, 0) is 134 Å². The van der Waals surface area contributed by atoms with Gasteiger partial charge >= 0.3 is 0 Å². The number of nitrogens with zero attached hydrogens (tertiary/aromatic N) is 2. The average Bonchev–Trinajstić information content (AvgIpc) is 3.92. The Kier molecular flexibility index (Phi) is 9.11. The first-order chi connectivity index (χ1) is 32.6. The molecule has 1 atom stereocenters. The Bertz CT molecular complexity index is 3920. The van der Waals surface area contributed by atoms with Crippen molar-refractivity contribution < 1.29 is 0 Å². The van der Waals surface area contributed by atoms with E-state index in [1.54, 1.807) is 0 Å². The van der Waals surface area contributed by atoms with E-state index >= 15 is 0 Å². The molecule has 2 aromatic heterocycles. The lowest BCUT2D eigenvalue weighted by molar-refractivity contribution is 0.715. The highest BCUT2D eigenvalue weighted by atomic mass is 32.1. The summed E-state index contributed by atoms with van der Waals surface area (Å²) < 4.78 is 5.09. The second-order valence-corrected chi connectivity index (χ2v) is 18.8. The topological polar surface area (TPSA) is 8.17 Å². The van der Waals surface area contributed by atoms with E-state index in [4.69, 9.17) is 0 Å². The third-order valence-corrected chi connectivity index (χ3v) is 15.0. The lowest BCUT2D eigenvalue weighted by Crippen LogP contribution is -2.20. The molecule has 10 aromatic carbocycles. The zero-order chi connectivity index (χ0) is 43.7. The number of benzene rings is 10. The van der Waals surface area contributed by atoms with E-state index in [0.29, 0.717) is 5.92 Å². The molecule has 3 heteroatoms. The maximum Gasteiger partial charge on any atom is 0.0547 e. The van der Waals surface area contributed by atoms with E-state index in [-0.39, 0.29) is 0 Å². The Morgan fingerprint density at radius 2 is 1.11 bits per heavy atom. The predicted molar refractivity (Wildman–Crippen MR) is 284 cm³/mol. The van der Waals surface area contributed by atoms with Gasteiger partial charge < -0.3 is 9.47 Å². The van der Waals surface area contributed by atoms with E-state index in [2.05, 4.69) is 247 Å². The van der Waals surface area contributed by atoms with Crippen LogP contribution in [0.2, 0.25) is 0 Å². The van der Waals surface area contributed by atoms with E-state index in [9.17, 15) is 0 Å². The molecule has 0 spiro atoms. The maximum atomic E-state index is 2.48. The number of hydrogen-bond donors (Lipinski definition) is 0. The Labute approximate surface area is 388 Å². The number of fused-ring (bicyclic) bond motifs is 9. The van der Waals surface area contributed by atoms with Crippen LogP contribution in [0.15, 0.2) is 236 Å². The van der Waals surface area contributed by atoms with Gasteiger partial charge in [-0.2, -0.15) is 0 Å². The van der Waals surface area contributed by atoms with Crippen LogP contribution in [-0.2, 0) is 0 Å². The SMILES string of the molecule is CC1CC(N(c2ccc(-c3ccccc3)cc2)c2cccc(-c3cccc4c3c3ccccc3n4-c3ccc4c(c3)sc3ccccc34)c2)=CC=C1c1ccc2c(ccc3ccccc32)c1. The van der Waals surface area contributed by atoms with Crippen LogP contribution in [0.4, 0.5) is 11.4 Å². The third-order valence-electron chi connectivity index (χ3n) is 13.8. The van der Waals surface area contributed by atoms with Crippen LogP contribution in [0, 0.1) is 5.92 Å². The van der Waals surface area contributed by atoms with Crippen molar-refractivity contribution in [3.05, 3.63) is 242 Å². The highest BCUT2D eigenvalue weighted by Crippen LogP contribution is 2.44. The summed E-state index contributed by atoms with van der Waals surface area (Å²) in [5.41, 5.74) is 14.7. The fourth-order valence-electron chi connectivity index (χ4n) is 10.7. The molecular formula is C63H44N2S. The highest BCUT2D eigenvalue weighted by molar-refractivity contribution is 7.25. The van der Waals surface area contributed by atoms with Crippen molar-refractivity contribution in [3.63, 3.8) is 0 Å². The summed E-state index contributed by atoms with van der Waals surface area (Å²) in [4.78, 5) is 2.48. The molecule has 0 amide bonds. The minimum atomic E-state index is 0.309. The Morgan fingerprint density at radius 1 is 0.439 bits per heavy atom. The number of thiophene rings is 1. The normalized spacial score (nSPS) is 14.1. The highest BCUT2D eigenvalue weighted by Gasteiger charge is 2.24. The second kappa shape index (κ2) is 15.6. The molecule has 0 saturated carbocycles. The van der Waals surface area contributed by atoms with Gasteiger partial charge in [-0.15, -0.1) is 11.3 Å². The van der Waals surface area contributed by atoms with Gasteiger partial charge in [-0.1, -0.05) is 171 Å². The van der Waals surface area contributed by atoms with Gasteiger partial charge in [0.15, 0.2) is 0 Å².